The summed E-state index contributed by atoms with van der Waals surface area (Å²) in [5.41, 5.74) is 2.72. The molecule has 38 heavy (non-hydrogen) atoms. The van der Waals surface area contributed by atoms with Gasteiger partial charge in [0.05, 0.1) is 28.1 Å². The molecule has 1 N–H and O–H groups in total. The molecule has 0 bridgehead atoms. The molecular weight excluding hydrogens is 498 g/mol. The normalized spacial score (nSPS) is 17.2. The number of thiazole rings is 1. The van der Waals surface area contributed by atoms with Gasteiger partial charge in [0.1, 0.15) is 17.6 Å². The van der Waals surface area contributed by atoms with E-state index >= 15 is 0 Å². The zero-order valence-electron chi connectivity index (χ0n) is 21.7. The minimum atomic E-state index is -0.929. The van der Waals surface area contributed by atoms with Gasteiger partial charge in [0, 0.05) is 11.8 Å². The number of fused-ring (bicyclic) bond motifs is 1. The molecule has 1 aliphatic heterocycles. The second kappa shape index (κ2) is 10.4. The highest BCUT2D eigenvalue weighted by Gasteiger charge is 2.48. The Labute approximate surface area is 225 Å². The quantitative estimate of drug-likeness (QED) is 0.168. The number of aromatic nitrogens is 2. The number of benzene rings is 2. The first-order valence-electron chi connectivity index (χ1n) is 12.6. The van der Waals surface area contributed by atoms with Crippen molar-refractivity contribution in [2.24, 2.45) is 5.92 Å². The number of pyridine rings is 1. The van der Waals surface area contributed by atoms with Crippen molar-refractivity contribution >= 4 is 44.1 Å². The van der Waals surface area contributed by atoms with Gasteiger partial charge in [-0.2, -0.15) is 0 Å². The molecule has 8 heteroatoms. The molecule has 1 fully saturated rings. The zero-order chi connectivity index (χ0) is 27.0. The molecule has 7 nitrogen and oxygen atoms in total. The summed E-state index contributed by atoms with van der Waals surface area (Å²) in [7, 11) is 0. The van der Waals surface area contributed by atoms with Gasteiger partial charge in [0.15, 0.2) is 5.13 Å². The molecule has 4 aromatic rings. The maximum Gasteiger partial charge on any atom is 0.301 e. The van der Waals surface area contributed by atoms with E-state index in [2.05, 4.69) is 24.9 Å². The number of nitrogens with zero attached hydrogens (tertiary/aromatic N) is 3. The lowest BCUT2D eigenvalue weighted by atomic mass is 9.98. The molecule has 0 radical (unpaired) electrons. The molecule has 194 valence electrons. The van der Waals surface area contributed by atoms with Crippen LogP contribution in [0.2, 0.25) is 0 Å². The van der Waals surface area contributed by atoms with Crippen LogP contribution in [0.25, 0.3) is 16.0 Å². The molecule has 0 saturated carbocycles. The van der Waals surface area contributed by atoms with Crippen molar-refractivity contribution in [3.8, 4) is 5.75 Å². The number of rotatable bonds is 7. The molecular formula is C30H29N3O4S. The Morgan fingerprint density at radius 1 is 1.05 bits per heavy atom. The third-order valence-electron chi connectivity index (χ3n) is 6.38. The Bertz CT molecular complexity index is 1540. The van der Waals surface area contributed by atoms with Crippen molar-refractivity contribution in [1.29, 1.82) is 0 Å². The van der Waals surface area contributed by atoms with Crippen LogP contribution in [0, 0.1) is 5.92 Å². The zero-order valence-corrected chi connectivity index (χ0v) is 22.5. The van der Waals surface area contributed by atoms with E-state index in [0.717, 1.165) is 15.8 Å². The molecule has 1 amide bonds. The number of carbonyl (C=O) groups is 2. The summed E-state index contributed by atoms with van der Waals surface area (Å²) in [5, 5.41) is 11.8. The van der Waals surface area contributed by atoms with E-state index in [-0.39, 0.29) is 11.3 Å². The Morgan fingerprint density at radius 2 is 1.87 bits per heavy atom. The van der Waals surface area contributed by atoms with Gasteiger partial charge >= 0.3 is 5.91 Å². The fraction of sp³-hybridized carbons (Fsp3) is 0.267. The van der Waals surface area contributed by atoms with Crippen LogP contribution in [-0.2, 0) is 9.59 Å². The fourth-order valence-electron chi connectivity index (χ4n) is 4.39. The number of aliphatic hydroxyl groups is 1. The molecule has 1 aliphatic rings. The number of hydrogen-bond donors (Lipinski definition) is 1. The van der Waals surface area contributed by atoms with Crippen LogP contribution in [0.5, 0.6) is 5.75 Å². The second-order valence-corrected chi connectivity index (χ2v) is 11.0. The first kappa shape index (κ1) is 25.6. The first-order chi connectivity index (χ1) is 18.2. The van der Waals surface area contributed by atoms with Crippen LogP contribution in [0.1, 0.15) is 56.5 Å². The highest BCUT2D eigenvalue weighted by Crippen LogP contribution is 2.44. The Hall–Kier alpha value is -4.04. The smallest absolute Gasteiger partial charge is 0.301 e. The number of anilines is 1. The van der Waals surface area contributed by atoms with Crippen LogP contribution >= 0.6 is 11.3 Å². The predicted molar refractivity (Wildman–Crippen MR) is 150 cm³/mol. The van der Waals surface area contributed by atoms with Gasteiger partial charge in [-0.1, -0.05) is 63.3 Å². The van der Waals surface area contributed by atoms with Crippen LogP contribution in [0.4, 0.5) is 5.13 Å². The minimum absolute atomic E-state index is 0.0307. The fourth-order valence-corrected chi connectivity index (χ4v) is 5.43. The lowest BCUT2D eigenvalue weighted by Crippen LogP contribution is -2.29. The highest BCUT2D eigenvalue weighted by molar-refractivity contribution is 7.22. The summed E-state index contributed by atoms with van der Waals surface area (Å²) in [6, 6.07) is 17.3. The monoisotopic (exact) mass is 527 g/mol. The average Bonchev–Trinajstić information content (AvgIpc) is 3.45. The Morgan fingerprint density at radius 3 is 2.58 bits per heavy atom. The molecule has 1 saturated heterocycles. The standard InChI is InChI=1S/C30H29N3O4S/c1-17(2)16-37-21-9-7-8-20(14-21)27(34)25-26(23-10-5-6-13-31-23)33(29(36)28(25)35)30-32-22-12-11-19(18(3)4)15-24(22)38-30/h5-15,17-18,26,34H,16H2,1-4H3/b27-25+. The van der Waals surface area contributed by atoms with E-state index < -0.39 is 17.7 Å². The molecule has 3 heterocycles. The number of hydrogen-bond acceptors (Lipinski definition) is 7. The summed E-state index contributed by atoms with van der Waals surface area (Å²) in [4.78, 5) is 37.4. The summed E-state index contributed by atoms with van der Waals surface area (Å²) >= 11 is 1.34. The second-order valence-electron chi connectivity index (χ2n) is 10.0. The number of aliphatic hydroxyl groups excluding tert-OH is 1. The minimum Gasteiger partial charge on any atom is -0.507 e. The van der Waals surface area contributed by atoms with Gasteiger partial charge in [-0.05, 0) is 53.8 Å². The third kappa shape index (κ3) is 4.79. The van der Waals surface area contributed by atoms with Crippen molar-refractivity contribution in [3.05, 3.63) is 89.3 Å². The largest absolute Gasteiger partial charge is 0.507 e. The highest BCUT2D eigenvalue weighted by atomic mass is 32.1. The van der Waals surface area contributed by atoms with E-state index in [1.54, 1.807) is 48.7 Å². The van der Waals surface area contributed by atoms with Crippen molar-refractivity contribution in [1.82, 2.24) is 9.97 Å². The average molecular weight is 528 g/mol. The van der Waals surface area contributed by atoms with Crippen molar-refractivity contribution < 1.29 is 19.4 Å². The number of ether oxygens (including phenoxy) is 1. The maximum atomic E-state index is 13.5. The van der Waals surface area contributed by atoms with Gasteiger partial charge in [-0.15, -0.1) is 0 Å². The van der Waals surface area contributed by atoms with Crippen LogP contribution in [0.15, 0.2) is 72.4 Å². The van der Waals surface area contributed by atoms with Crippen LogP contribution in [0.3, 0.4) is 0 Å². The van der Waals surface area contributed by atoms with E-state index in [9.17, 15) is 14.7 Å². The van der Waals surface area contributed by atoms with E-state index in [1.165, 1.54) is 16.2 Å². The molecule has 1 unspecified atom stereocenters. The van der Waals surface area contributed by atoms with Crippen molar-refractivity contribution in [3.63, 3.8) is 0 Å². The summed E-state index contributed by atoms with van der Waals surface area (Å²) < 4.78 is 6.73. The molecule has 2 aromatic heterocycles. The van der Waals surface area contributed by atoms with Gasteiger partial charge in [-0.3, -0.25) is 19.5 Å². The summed E-state index contributed by atoms with van der Waals surface area (Å²) in [6.45, 7) is 8.84. The van der Waals surface area contributed by atoms with E-state index in [4.69, 9.17) is 9.72 Å². The molecule has 0 aliphatic carbocycles. The predicted octanol–water partition coefficient (Wildman–Crippen LogP) is 6.48. The van der Waals surface area contributed by atoms with E-state index in [0.29, 0.717) is 40.6 Å². The first-order valence-corrected chi connectivity index (χ1v) is 13.4. The number of Topliss-reactive ketones (excluding diaryl/α,β-unsaturated/α-hetero) is 1. The lowest BCUT2D eigenvalue weighted by molar-refractivity contribution is -0.132. The lowest BCUT2D eigenvalue weighted by Gasteiger charge is -2.22. The topological polar surface area (TPSA) is 92.6 Å². The van der Waals surface area contributed by atoms with Gasteiger partial charge in [0.2, 0.25) is 0 Å². The summed E-state index contributed by atoms with van der Waals surface area (Å²) in [6.07, 6.45) is 1.60. The number of amides is 1. The molecule has 2 aromatic carbocycles. The Balaban J connectivity index is 1.64. The van der Waals surface area contributed by atoms with E-state index in [1.807, 2.05) is 26.0 Å². The van der Waals surface area contributed by atoms with Crippen LogP contribution < -0.4 is 9.64 Å². The van der Waals surface area contributed by atoms with Gasteiger partial charge in [-0.25, -0.2) is 4.98 Å². The maximum absolute atomic E-state index is 13.5. The number of carbonyl (C=O) groups excluding carboxylic acids is 2. The summed E-state index contributed by atoms with van der Waals surface area (Å²) in [5.74, 6) is -0.579. The van der Waals surface area contributed by atoms with Gasteiger partial charge < -0.3 is 9.84 Å². The Kier molecular flexibility index (Phi) is 6.99. The SMILES string of the molecule is CC(C)COc1cccc(/C(O)=C2\C(=O)C(=O)N(c3nc4ccc(C(C)C)cc4s3)C2c2ccccn2)c1. The van der Waals surface area contributed by atoms with Gasteiger partial charge in [0.25, 0.3) is 5.78 Å². The molecule has 5 rings (SSSR count). The van der Waals surface area contributed by atoms with Crippen LogP contribution in [-0.4, -0.2) is 33.4 Å². The molecule has 0 spiro atoms. The molecule has 1 atom stereocenters. The third-order valence-corrected chi connectivity index (χ3v) is 7.39. The van der Waals surface area contributed by atoms with Crippen molar-refractivity contribution in [2.45, 2.75) is 39.7 Å². The number of ketones is 1. The van der Waals surface area contributed by atoms with Crippen molar-refractivity contribution in [2.75, 3.05) is 11.5 Å².